The number of rotatable bonds is 6. The zero-order valence-electron chi connectivity index (χ0n) is 14.7. The first-order chi connectivity index (χ1) is 12.1. The third kappa shape index (κ3) is 5.06. The van der Waals surface area contributed by atoms with E-state index in [-0.39, 0.29) is 5.91 Å². The van der Waals surface area contributed by atoms with E-state index in [0.717, 1.165) is 56.4 Å². The number of hydrogen-bond donors (Lipinski definition) is 0. The number of carbonyl (C=O) groups is 1. The Labute approximate surface area is 154 Å². The molecule has 0 bridgehead atoms. The number of aromatic nitrogens is 2. The molecule has 2 heterocycles. The van der Waals surface area contributed by atoms with Crippen molar-refractivity contribution in [1.82, 2.24) is 19.4 Å². The van der Waals surface area contributed by atoms with Crippen molar-refractivity contribution < 1.29 is 4.79 Å². The standard InChI is InChI=1S/C19H25ClN4O/c1-22-10-9-21-18(22)15-23-11-13-24(14-12-23)19(25)4-2-3-16-5-7-17(20)8-6-16/h5-10H,2-4,11-15H2,1H3. The molecule has 0 N–H and O–H groups in total. The van der Waals surface area contributed by atoms with Gasteiger partial charge in [-0.15, -0.1) is 0 Å². The van der Waals surface area contributed by atoms with E-state index >= 15 is 0 Å². The van der Waals surface area contributed by atoms with Gasteiger partial charge in [0, 0.05) is 57.1 Å². The maximum absolute atomic E-state index is 12.4. The smallest absolute Gasteiger partial charge is 0.222 e. The molecular weight excluding hydrogens is 336 g/mol. The van der Waals surface area contributed by atoms with Crippen molar-refractivity contribution in [2.45, 2.75) is 25.8 Å². The van der Waals surface area contributed by atoms with Gasteiger partial charge in [0.25, 0.3) is 0 Å². The number of benzene rings is 1. The molecule has 1 aliphatic heterocycles. The van der Waals surface area contributed by atoms with Crippen LogP contribution < -0.4 is 0 Å². The van der Waals surface area contributed by atoms with Gasteiger partial charge in [0.2, 0.25) is 5.91 Å². The lowest BCUT2D eigenvalue weighted by Crippen LogP contribution is -2.48. The molecule has 0 radical (unpaired) electrons. The van der Waals surface area contributed by atoms with E-state index in [1.807, 2.05) is 53.2 Å². The molecule has 1 amide bonds. The maximum atomic E-state index is 12.4. The van der Waals surface area contributed by atoms with Gasteiger partial charge in [-0.1, -0.05) is 23.7 Å². The van der Waals surface area contributed by atoms with Crippen LogP contribution in [0, 0.1) is 0 Å². The van der Waals surface area contributed by atoms with Crippen LogP contribution in [0.5, 0.6) is 0 Å². The van der Waals surface area contributed by atoms with Crippen molar-refractivity contribution in [2.75, 3.05) is 26.2 Å². The second kappa shape index (κ2) is 8.50. The van der Waals surface area contributed by atoms with Crippen LogP contribution in [0.4, 0.5) is 0 Å². The summed E-state index contributed by atoms with van der Waals surface area (Å²) in [5.41, 5.74) is 1.23. The molecule has 0 atom stereocenters. The maximum Gasteiger partial charge on any atom is 0.222 e. The van der Waals surface area contributed by atoms with Crippen molar-refractivity contribution >= 4 is 17.5 Å². The number of halogens is 1. The fraction of sp³-hybridized carbons (Fsp3) is 0.474. The normalized spacial score (nSPS) is 15.5. The Morgan fingerprint density at radius 1 is 1.16 bits per heavy atom. The number of amides is 1. The lowest BCUT2D eigenvalue weighted by molar-refractivity contribution is -0.133. The van der Waals surface area contributed by atoms with E-state index in [0.29, 0.717) is 6.42 Å². The summed E-state index contributed by atoms with van der Waals surface area (Å²) in [5.74, 6) is 1.34. The van der Waals surface area contributed by atoms with Crippen molar-refractivity contribution in [3.8, 4) is 0 Å². The van der Waals surface area contributed by atoms with Crippen molar-refractivity contribution in [1.29, 1.82) is 0 Å². The summed E-state index contributed by atoms with van der Waals surface area (Å²) < 4.78 is 2.05. The Morgan fingerprint density at radius 2 is 1.88 bits per heavy atom. The number of piperazine rings is 1. The van der Waals surface area contributed by atoms with Crippen LogP contribution in [-0.4, -0.2) is 51.4 Å². The fourth-order valence-corrected chi connectivity index (χ4v) is 3.28. The van der Waals surface area contributed by atoms with Crippen LogP contribution in [0.3, 0.4) is 0 Å². The molecule has 134 valence electrons. The molecule has 1 fully saturated rings. The quantitative estimate of drug-likeness (QED) is 0.795. The second-order valence-corrected chi connectivity index (χ2v) is 7.03. The van der Waals surface area contributed by atoms with Crippen molar-refractivity contribution in [3.05, 3.63) is 53.1 Å². The molecule has 0 spiro atoms. The minimum atomic E-state index is 0.269. The monoisotopic (exact) mass is 360 g/mol. The highest BCUT2D eigenvalue weighted by atomic mass is 35.5. The van der Waals surface area contributed by atoms with Gasteiger partial charge in [0.05, 0.1) is 6.54 Å². The van der Waals surface area contributed by atoms with Gasteiger partial charge in [-0.2, -0.15) is 0 Å². The highest BCUT2D eigenvalue weighted by molar-refractivity contribution is 6.30. The average Bonchev–Trinajstić information content (AvgIpc) is 3.02. The second-order valence-electron chi connectivity index (χ2n) is 6.59. The molecule has 5 nitrogen and oxygen atoms in total. The van der Waals surface area contributed by atoms with Crippen LogP contribution in [-0.2, 0) is 24.8 Å². The van der Waals surface area contributed by atoms with Crippen molar-refractivity contribution in [3.63, 3.8) is 0 Å². The summed E-state index contributed by atoms with van der Waals surface area (Å²) in [6.45, 7) is 4.29. The third-order valence-corrected chi connectivity index (χ3v) is 5.03. The van der Waals surface area contributed by atoms with Crippen LogP contribution >= 0.6 is 11.6 Å². The summed E-state index contributed by atoms with van der Waals surface area (Å²) in [6.07, 6.45) is 6.21. The topological polar surface area (TPSA) is 41.4 Å². The highest BCUT2D eigenvalue weighted by Crippen LogP contribution is 2.13. The molecule has 3 rings (SSSR count). The molecule has 1 aromatic carbocycles. The molecule has 0 aliphatic carbocycles. The molecule has 0 unspecified atom stereocenters. The van der Waals surface area contributed by atoms with Crippen molar-refractivity contribution in [2.24, 2.45) is 7.05 Å². The predicted octanol–water partition coefficient (Wildman–Crippen LogP) is 2.74. The first-order valence-electron chi connectivity index (χ1n) is 8.82. The van der Waals surface area contributed by atoms with Gasteiger partial charge in [-0.3, -0.25) is 9.69 Å². The first-order valence-corrected chi connectivity index (χ1v) is 9.20. The Kier molecular flexibility index (Phi) is 6.10. The average molecular weight is 361 g/mol. The summed E-state index contributed by atoms with van der Waals surface area (Å²) in [4.78, 5) is 21.1. The van der Waals surface area contributed by atoms with E-state index in [9.17, 15) is 4.79 Å². The molecular formula is C19H25ClN4O. The first kappa shape index (κ1) is 18.0. The Bertz CT molecular complexity index is 690. The summed E-state index contributed by atoms with van der Waals surface area (Å²) in [6, 6.07) is 7.87. The largest absolute Gasteiger partial charge is 0.340 e. The SMILES string of the molecule is Cn1ccnc1CN1CCN(C(=O)CCCc2ccc(Cl)cc2)CC1. The highest BCUT2D eigenvalue weighted by Gasteiger charge is 2.21. The zero-order valence-corrected chi connectivity index (χ0v) is 15.5. The van der Waals surface area contributed by atoms with E-state index in [1.165, 1.54) is 5.56 Å². The molecule has 0 saturated carbocycles. The van der Waals surface area contributed by atoms with Crippen LogP contribution in [0.2, 0.25) is 5.02 Å². The van der Waals surface area contributed by atoms with Gasteiger partial charge >= 0.3 is 0 Å². The summed E-state index contributed by atoms with van der Waals surface area (Å²) >= 11 is 5.89. The molecule has 1 saturated heterocycles. The number of imidazole rings is 1. The van der Waals surface area contributed by atoms with Gasteiger partial charge in [0.1, 0.15) is 5.82 Å². The van der Waals surface area contributed by atoms with Crippen LogP contribution in [0.15, 0.2) is 36.7 Å². The number of nitrogens with zero attached hydrogens (tertiary/aromatic N) is 4. The van der Waals surface area contributed by atoms with Gasteiger partial charge in [0.15, 0.2) is 0 Å². The van der Waals surface area contributed by atoms with E-state index in [1.54, 1.807) is 0 Å². The van der Waals surface area contributed by atoms with Gasteiger partial charge in [-0.05, 0) is 30.5 Å². The predicted molar refractivity (Wildman–Crippen MR) is 99.5 cm³/mol. The minimum Gasteiger partial charge on any atom is -0.340 e. The minimum absolute atomic E-state index is 0.269. The Hall–Kier alpha value is -1.85. The van der Waals surface area contributed by atoms with E-state index in [4.69, 9.17) is 11.6 Å². The Morgan fingerprint density at radius 3 is 2.52 bits per heavy atom. The van der Waals surface area contributed by atoms with Gasteiger partial charge in [-0.25, -0.2) is 4.98 Å². The van der Waals surface area contributed by atoms with Crippen LogP contribution in [0.25, 0.3) is 0 Å². The summed E-state index contributed by atoms with van der Waals surface area (Å²) in [5, 5.41) is 0.753. The molecule has 2 aromatic rings. The molecule has 25 heavy (non-hydrogen) atoms. The van der Waals surface area contributed by atoms with E-state index < -0.39 is 0 Å². The Balaban J connectivity index is 1.38. The fourth-order valence-electron chi connectivity index (χ4n) is 3.16. The molecule has 1 aliphatic rings. The number of carbonyl (C=O) groups excluding carboxylic acids is 1. The third-order valence-electron chi connectivity index (χ3n) is 4.78. The lowest BCUT2D eigenvalue weighted by atomic mass is 10.1. The number of hydrogen-bond acceptors (Lipinski definition) is 3. The number of aryl methyl sites for hydroxylation is 2. The molecule has 1 aromatic heterocycles. The summed E-state index contributed by atoms with van der Waals surface area (Å²) in [7, 11) is 2.02. The van der Waals surface area contributed by atoms with Crippen LogP contribution in [0.1, 0.15) is 24.2 Å². The van der Waals surface area contributed by atoms with E-state index in [2.05, 4.69) is 9.88 Å². The molecule has 6 heteroatoms. The zero-order chi connectivity index (χ0) is 17.6. The van der Waals surface area contributed by atoms with Gasteiger partial charge < -0.3 is 9.47 Å². The lowest BCUT2D eigenvalue weighted by Gasteiger charge is -2.34.